The number of rotatable bonds is 4. The first-order valence-electron chi connectivity index (χ1n) is 6.84. The zero-order chi connectivity index (χ0) is 17.1. The lowest BCUT2D eigenvalue weighted by Gasteiger charge is -2.11. The fraction of sp³-hybridized carbons (Fsp3) is 0.0667. The van der Waals surface area contributed by atoms with Crippen LogP contribution in [0.1, 0.15) is 0 Å². The Bertz CT molecular complexity index is 921. The van der Waals surface area contributed by atoms with E-state index in [0.717, 1.165) is 0 Å². The molecule has 0 spiro atoms. The molecule has 124 valence electrons. The molecule has 4 N–H and O–H groups in total. The van der Waals surface area contributed by atoms with Crippen LogP contribution in [-0.2, 0) is 0 Å². The van der Waals surface area contributed by atoms with Crippen LogP contribution in [0, 0.1) is 0 Å². The Hall–Kier alpha value is -2.39. The predicted octanol–water partition coefficient (Wildman–Crippen LogP) is 3.98. The lowest BCUT2D eigenvalue weighted by Crippen LogP contribution is -2.18. The van der Waals surface area contributed by atoms with E-state index in [9.17, 15) is 13.6 Å². The summed E-state index contributed by atoms with van der Waals surface area (Å²) in [5.41, 5.74) is 2.49. The molecule has 0 aliphatic heterocycles. The molecule has 1 heterocycles. The summed E-state index contributed by atoms with van der Waals surface area (Å²) in [6, 6.07) is 11.8. The number of alkyl halides is 2. The van der Waals surface area contributed by atoms with Crippen molar-refractivity contribution in [3.05, 3.63) is 52.9 Å². The van der Waals surface area contributed by atoms with Crippen LogP contribution in [0.2, 0.25) is 0 Å². The number of halogens is 2. The van der Waals surface area contributed by atoms with Gasteiger partial charge in [-0.15, -0.1) is 0 Å². The minimum atomic E-state index is -2.44. The molecular formula is C15H12F2N4OS2. The summed E-state index contributed by atoms with van der Waals surface area (Å²) >= 11 is 5.71. The first-order valence-corrected chi connectivity index (χ1v) is 8.13. The number of anilines is 2. The van der Waals surface area contributed by atoms with Crippen molar-refractivity contribution in [2.75, 3.05) is 10.6 Å². The van der Waals surface area contributed by atoms with Crippen LogP contribution in [0.15, 0.2) is 52.2 Å². The fourth-order valence-corrected chi connectivity index (χ4v) is 2.86. The number of nitrogens with one attached hydrogen (secondary N) is 4. The Kier molecular flexibility index (Phi) is 4.81. The third kappa shape index (κ3) is 4.12. The van der Waals surface area contributed by atoms with Crippen molar-refractivity contribution in [1.29, 1.82) is 0 Å². The van der Waals surface area contributed by atoms with Gasteiger partial charge in [-0.3, -0.25) is 0 Å². The van der Waals surface area contributed by atoms with Crippen molar-refractivity contribution in [1.82, 2.24) is 9.97 Å². The molecule has 0 saturated heterocycles. The topological polar surface area (TPSA) is 72.7 Å². The molecular weight excluding hydrogens is 354 g/mol. The molecule has 0 radical (unpaired) electrons. The van der Waals surface area contributed by atoms with E-state index in [4.69, 9.17) is 12.2 Å². The number of H-pyrrole nitrogens is 2. The molecule has 3 aromatic rings. The summed E-state index contributed by atoms with van der Waals surface area (Å²) in [7, 11) is 0. The third-order valence-electron chi connectivity index (χ3n) is 3.11. The maximum absolute atomic E-state index is 12.3. The number of fused-ring (bicyclic) bond motifs is 1. The van der Waals surface area contributed by atoms with Gasteiger partial charge in [-0.1, -0.05) is 11.8 Å². The molecule has 2 aromatic carbocycles. The zero-order valence-electron chi connectivity index (χ0n) is 12.1. The summed E-state index contributed by atoms with van der Waals surface area (Å²) in [6.45, 7) is 0. The van der Waals surface area contributed by atoms with E-state index < -0.39 is 5.76 Å². The molecule has 1 aromatic heterocycles. The standard InChI is InChI=1S/C15H12F2N4OS2/c16-13(17)24-10-4-1-8(2-5-10)18-15(23)19-9-3-6-11-12(7-9)21-14(22)20-11/h1-7,13H,(H2,18,19,23)(H2,20,21,22). The molecule has 0 aliphatic carbocycles. The van der Waals surface area contributed by atoms with E-state index in [-0.39, 0.29) is 5.69 Å². The highest BCUT2D eigenvalue weighted by atomic mass is 32.2. The molecule has 0 unspecified atom stereocenters. The quantitative estimate of drug-likeness (QED) is 0.415. The van der Waals surface area contributed by atoms with Gasteiger partial charge in [0.05, 0.1) is 11.0 Å². The summed E-state index contributed by atoms with van der Waals surface area (Å²) in [5, 5.41) is 6.31. The molecule has 0 atom stereocenters. The van der Waals surface area contributed by atoms with Crippen LogP contribution in [0.3, 0.4) is 0 Å². The van der Waals surface area contributed by atoms with E-state index in [2.05, 4.69) is 20.6 Å². The number of imidazole rings is 1. The fourth-order valence-electron chi connectivity index (χ4n) is 2.12. The number of hydrogen-bond acceptors (Lipinski definition) is 3. The summed E-state index contributed by atoms with van der Waals surface area (Å²) in [5.74, 6) is -2.44. The Morgan fingerprint density at radius 3 is 2.33 bits per heavy atom. The highest BCUT2D eigenvalue weighted by Gasteiger charge is 2.06. The number of benzene rings is 2. The van der Waals surface area contributed by atoms with Gasteiger partial charge in [0.2, 0.25) is 0 Å². The van der Waals surface area contributed by atoms with Crippen molar-refractivity contribution in [2.45, 2.75) is 10.7 Å². The van der Waals surface area contributed by atoms with Gasteiger partial charge in [0.1, 0.15) is 0 Å². The van der Waals surface area contributed by atoms with Gasteiger partial charge in [-0.2, -0.15) is 8.78 Å². The highest BCUT2D eigenvalue weighted by Crippen LogP contribution is 2.26. The SMILES string of the molecule is O=c1[nH]c2ccc(NC(=S)Nc3ccc(SC(F)F)cc3)cc2[nH]1. The Balaban J connectivity index is 1.64. The molecule has 5 nitrogen and oxygen atoms in total. The minimum Gasteiger partial charge on any atom is -0.332 e. The van der Waals surface area contributed by atoms with E-state index in [0.29, 0.717) is 44.2 Å². The summed E-state index contributed by atoms with van der Waals surface area (Å²) in [6.07, 6.45) is 0. The Morgan fingerprint density at radius 1 is 1.00 bits per heavy atom. The van der Waals surface area contributed by atoms with E-state index in [1.54, 1.807) is 42.5 Å². The first-order chi connectivity index (χ1) is 11.5. The van der Waals surface area contributed by atoms with Gasteiger partial charge in [-0.05, 0) is 54.7 Å². The molecule has 0 bridgehead atoms. The van der Waals surface area contributed by atoms with Gasteiger partial charge >= 0.3 is 5.69 Å². The van der Waals surface area contributed by atoms with Gasteiger partial charge in [0.25, 0.3) is 5.76 Å². The molecule has 0 amide bonds. The van der Waals surface area contributed by atoms with Crippen LogP contribution >= 0.6 is 24.0 Å². The molecule has 0 aliphatic rings. The number of aromatic nitrogens is 2. The summed E-state index contributed by atoms with van der Waals surface area (Å²) in [4.78, 5) is 17.0. The van der Waals surface area contributed by atoms with Crippen LogP contribution in [0.4, 0.5) is 20.2 Å². The van der Waals surface area contributed by atoms with Crippen LogP contribution in [0.5, 0.6) is 0 Å². The van der Waals surface area contributed by atoms with Gasteiger partial charge in [0, 0.05) is 16.3 Å². The highest BCUT2D eigenvalue weighted by molar-refractivity contribution is 7.99. The van der Waals surface area contributed by atoms with Gasteiger partial charge in [-0.25, -0.2) is 4.79 Å². The largest absolute Gasteiger partial charge is 0.332 e. The zero-order valence-corrected chi connectivity index (χ0v) is 13.7. The molecule has 24 heavy (non-hydrogen) atoms. The van der Waals surface area contributed by atoms with Crippen LogP contribution < -0.4 is 16.3 Å². The lowest BCUT2D eigenvalue weighted by molar-refractivity contribution is 0.252. The van der Waals surface area contributed by atoms with E-state index in [1.807, 2.05) is 0 Å². The molecule has 0 saturated carbocycles. The lowest BCUT2D eigenvalue weighted by atomic mass is 10.3. The average Bonchev–Trinajstić information content (AvgIpc) is 2.88. The number of aromatic amines is 2. The number of thiocarbonyl (C=S) groups is 1. The minimum absolute atomic E-state index is 0.274. The van der Waals surface area contributed by atoms with E-state index >= 15 is 0 Å². The second-order valence-corrected chi connectivity index (χ2v) is 6.29. The molecule has 3 rings (SSSR count). The van der Waals surface area contributed by atoms with Crippen molar-refractivity contribution in [3.63, 3.8) is 0 Å². The van der Waals surface area contributed by atoms with Crippen LogP contribution in [-0.4, -0.2) is 20.8 Å². The number of thioether (sulfide) groups is 1. The maximum Gasteiger partial charge on any atom is 0.323 e. The normalized spacial score (nSPS) is 11.0. The molecule has 0 fully saturated rings. The van der Waals surface area contributed by atoms with Gasteiger partial charge in [0.15, 0.2) is 5.11 Å². The van der Waals surface area contributed by atoms with Crippen molar-refractivity contribution in [3.8, 4) is 0 Å². The average molecular weight is 366 g/mol. The molecule has 9 heteroatoms. The van der Waals surface area contributed by atoms with Crippen LogP contribution in [0.25, 0.3) is 11.0 Å². The predicted molar refractivity (Wildman–Crippen MR) is 97.1 cm³/mol. The first kappa shape index (κ1) is 16.5. The second-order valence-electron chi connectivity index (χ2n) is 4.82. The second kappa shape index (κ2) is 7.02. The van der Waals surface area contributed by atoms with Crippen molar-refractivity contribution >= 4 is 51.5 Å². The van der Waals surface area contributed by atoms with E-state index in [1.165, 1.54) is 0 Å². The third-order valence-corrected chi connectivity index (χ3v) is 4.04. The smallest absolute Gasteiger partial charge is 0.323 e. The van der Waals surface area contributed by atoms with Gasteiger partial charge < -0.3 is 20.6 Å². The maximum atomic E-state index is 12.3. The Morgan fingerprint density at radius 2 is 1.62 bits per heavy atom. The number of hydrogen-bond donors (Lipinski definition) is 4. The Labute approximate surface area is 144 Å². The van der Waals surface area contributed by atoms with Crippen molar-refractivity contribution in [2.24, 2.45) is 0 Å². The summed E-state index contributed by atoms with van der Waals surface area (Å²) < 4.78 is 24.6. The monoisotopic (exact) mass is 366 g/mol. The van der Waals surface area contributed by atoms with Crippen molar-refractivity contribution < 1.29 is 8.78 Å².